The van der Waals surface area contributed by atoms with Crippen LogP contribution in [0, 0.1) is 5.82 Å². The molecule has 0 aliphatic carbocycles. The number of rotatable bonds is 2. The minimum atomic E-state index is -2.85. The van der Waals surface area contributed by atoms with Gasteiger partial charge in [0, 0.05) is 23.6 Å². The van der Waals surface area contributed by atoms with E-state index in [0.29, 0.717) is 0 Å². The summed E-state index contributed by atoms with van der Waals surface area (Å²) in [5, 5.41) is 0. The first kappa shape index (κ1) is 14.4. The van der Waals surface area contributed by atoms with Gasteiger partial charge in [0.05, 0.1) is 6.04 Å². The highest BCUT2D eigenvalue weighted by Gasteiger charge is 2.49. The highest BCUT2D eigenvalue weighted by molar-refractivity contribution is 5.95. The van der Waals surface area contributed by atoms with Crippen molar-refractivity contribution >= 4 is 11.5 Å². The molecule has 0 amide bonds. The fourth-order valence-electron chi connectivity index (χ4n) is 2.78. The van der Waals surface area contributed by atoms with Crippen molar-refractivity contribution in [2.24, 2.45) is 10.7 Å². The average molecular weight is 309 g/mol. The molecule has 1 aromatic carbocycles. The molecule has 3 rings (SSSR count). The van der Waals surface area contributed by atoms with Gasteiger partial charge in [-0.3, -0.25) is 4.99 Å². The number of nitrogen functional groups attached to an aromatic ring is 1. The summed E-state index contributed by atoms with van der Waals surface area (Å²) < 4.78 is 43.0. The number of imidazole rings is 1. The Labute approximate surface area is 124 Å². The Bertz CT molecular complexity index is 755. The average Bonchev–Trinajstić information content (AvgIpc) is 2.92. The molecule has 0 saturated carbocycles. The van der Waals surface area contributed by atoms with Gasteiger partial charge in [-0.2, -0.15) is 0 Å². The Morgan fingerprint density at radius 2 is 2.05 bits per heavy atom. The zero-order valence-electron chi connectivity index (χ0n) is 11.7. The number of hydrogen-bond donors (Lipinski definition) is 2. The van der Waals surface area contributed by atoms with E-state index in [1.54, 1.807) is 0 Å². The van der Waals surface area contributed by atoms with Crippen LogP contribution >= 0.6 is 0 Å². The number of alkyl halides is 2. The number of aromatic nitrogens is 2. The maximum absolute atomic E-state index is 14.2. The Morgan fingerprint density at radius 3 is 2.73 bits per heavy atom. The highest BCUT2D eigenvalue weighted by atomic mass is 19.3. The number of amidine groups is 1. The molecule has 4 N–H and O–H groups in total. The van der Waals surface area contributed by atoms with E-state index in [4.69, 9.17) is 11.5 Å². The summed E-state index contributed by atoms with van der Waals surface area (Å²) in [4.78, 5) is 7.91. The van der Waals surface area contributed by atoms with Crippen molar-refractivity contribution in [3.8, 4) is 0 Å². The quantitative estimate of drug-likeness (QED) is 0.832. The molecule has 1 aromatic heterocycles. The van der Waals surface area contributed by atoms with Crippen LogP contribution in [0.25, 0.3) is 0 Å². The zero-order chi connectivity index (χ0) is 16.1. The van der Waals surface area contributed by atoms with Crippen LogP contribution in [-0.2, 0) is 0 Å². The molecule has 1 aliphatic heterocycles. The van der Waals surface area contributed by atoms with E-state index in [9.17, 15) is 13.2 Å². The molecule has 5 nitrogen and oxygen atoms in total. The second kappa shape index (κ2) is 4.75. The largest absolute Gasteiger partial charge is 0.399 e. The molecular formula is C14H14F3N5. The van der Waals surface area contributed by atoms with Gasteiger partial charge >= 0.3 is 0 Å². The summed E-state index contributed by atoms with van der Waals surface area (Å²) in [5.74, 6) is -0.514. The lowest BCUT2D eigenvalue weighted by atomic mass is 9.85. The summed E-state index contributed by atoms with van der Waals surface area (Å²) in [6, 6.07) is 2.75. The molecule has 2 atom stereocenters. The third-order valence-electron chi connectivity index (χ3n) is 3.85. The van der Waals surface area contributed by atoms with Gasteiger partial charge in [-0.25, -0.2) is 18.2 Å². The first-order valence-corrected chi connectivity index (χ1v) is 6.56. The molecule has 0 unspecified atom stereocenters. The predicted molar refractivity (Wildman–Crippen MR) is 76.3 cm³/mol. The normalized spacial score (nSPS) is 24.2. The van der Waals surface area contributed by atoms with Crippen LogP contribution in [0.1, 0.15) is 24.4 Å². The van der Waals surface area contributed by atoms with Crippen LogP contribution in [0.4, 0.5) is 18.9 Å². The molecule has 116 valence electrons. The molecule has 0 fully saturated rings. The lowest BCUT2D eigenvalue weighted by Crippen LogP contribution is -2.48. The number of aliphatic imine (C=N–C) groups is 1. The van der Waals surface area contributed by atoms with E-state index in [2.05, 4.69) is 9.98 Å². The molecule has 1 aliphatic rings. The zero-order valence-corrected chi connectivity index (χ0v) is 11.7. The van der Waals surface area contributed by atoms with Crippen molar-refractivity contribution in [1.29, 1.82) is 0 Å². The monoisotopic (exact) mass is 309 g/mol. The number of halogens is 3. The third-order valence-corrected chi connectivity index (χ3v) is 3.85. The lowest BCUT2D eigenvalue weighted by molar-refractivity contribution is 0.0398. The Balaban J connectivity index is 2.29. The molecule has 8 heteroatoms. The maximum Gasteiger partial charge on any atom is 0.265 e. The van der Waals surface area contributed by atoms with Crippen LogP contribution in [-0.4, -0.2) is 27.4 Å². The molecular weight excluding hydrogens is 295 g/mol. The fraction of sp³-hybridized carbons (Fsp3) is 0.286. The van der Waals surface area contributed by atoms with Gasteiger partial charge in [0.2, 0.25) is 0 Å². The van der Waals surface area contributed by atoms with E-state index in [1.165, 1.54) is 36.0 Å². The van der Waals surface area contributed by atoms with Crippen LogP contribution < -0.4 is 11.5 Å². The van der Waals surface area contributed by atoms with E-state index >= 15 is 0 Å². The minimum absolute atomic E-state index is 0.0262. The van der Waals surface area contributed by atoms with Gasteiger partial charge in [-0.15, -0.1) is 0 Å². The predicted octanol–water partition coefficient (Wildman–Crippen LogP) is 1.94. The Kier molecular flexibility index (Phi) is 3.12. The standard InChI is InChI=1S/C14H14F3N5/c1-14(13(16)17)10(8-6-7(18)2-3-9(8)15)22-5-4-20-12(22)11(19)21-14/h2-6,10,13H,18H2,1H3,(H2,19,21)/t10-,14-/m1/s1. The van der Waals surface area contributed by atoms with Gasteiger partial charge in [0.1, 0.15) is 11.4 Å². The summed E-state index contributed by atoms with van der Waals surface area (Å²) in [6.45, 7) is 1.24. The molecule has 0 saturated heterocycles. The minimum Gasteiger partial charge on any atom is -0.399 e. The first-order valence-electron chi connectivity index (χ1n) is 6.56. The van der Waals surface area contributed by atoms with Crippen molar-refractivity contribution in [1.82, 2.24) is 9.55 Å². The van der Waals surface area contributed by atoms with Crippen molar-refractivity contribution in [2.45, 2.75) is 24.9 Å². The Hall–Kier alpha value is -2.51. The van der Waals surface area contributed by atoms with Gasteiger partial charge in [0.15, 0.2) is 11.7 Å². The molecule has 0 bridgehead atoms. The summed E-state index contributed by atoms with van der Waals surface area (Å²) >= 11 is 0. The van der Waals surface area contributed by atoms with Crippen molar-refractivity contribution < 1.29 is 13.2 Å². The van der Waals surface area contributed by atoms with Gasteiger partial charge in [0.25, 0.3) is 6.43 Å². The lowest BCUT2D eigenvalue weighted by Gasteiger charge is -2.38. The number of fused-ring (bicyclic) bond motifs is 1. The number of anilines is 1. The topological polar surface area (TPSA) is 82.2 Å². The van der Waals surface area contributed by atoms with E-state index < -0.39 is 23.8 Å². The van der Waals surface area contributed by atoms with Crippen LogP contribution in [0.15, 0.2) is 35.6 Å². The second-order valence-electron chi connectivity index (χ2n) is 5.37. The molecule has 0 spiro atoms. The second-order valence-corrected chi connectivity index (χ2v) is 5.37. The van der Waals surface area contributed by atoms with E-state index in [1.807, 2.05) is 0 Å². The molecule has 22 heavy (non-hydrogen) atoms. The van der Waals surface area contributed by atoms with Crippen LogP contribution in [0.5, 0.6) is 0 Å². The summed E-state index contributed by atoms with van der Waals surface area (Å²) in [7, 11) is 0. The van der Waals surface area contributed by atoms with Crippen molar-refractivity contribution in [2.75, 3.05) is 5.73 Å². The summed E-state index contributed by atoms with van der Waals surface area (Å²) in [5.41, 5.74) is 9.79. The maximum atomic E-state index is 14.2. The molecule has 2 aromatic rings. The Morgan fingerprint density at radius 1 is 1.32 bits per heavy atom. The molecule has 2 heterocycles. The summed E-state index contributed by atoms with van der Waals surface area (Å²) in [6.07, 6.45) is 0.0316. The number of nitrogens with two attached hydrogens (primary N) is 2. The fourth-order valence-corrected chi connectivity index (χ4v) is 2.78. The van der Waals surface area contributed by atoms with Gasteiger partial charge in [-0.1, -0.05) is 0 Å². The van der Waals surface area contributed by atoms with E-state index in [0.717, 1.165) is 6.07 Å². The van der Waals surface area contributed by atoms with Crippen molar-refractivity contribution in [3.63, 3.8) is 0 Å². The number of hydrogen-bond acceptors (Lipinski definition) is 4. The van der Waals surface area contributed by atoms with E-state index in [-0.39, 0.29) is 22.9 Å². The third kappa shape index (κ3) is 1.94. The number of nitrogens with zero attached hydrogens (tertiary/aromatic N) is 3. The van der Waals surface area contributed by atoms with Crippen LogP contribution in [0.2, 0.25) is 0 Å². The van der Waals surface area contributed by atoms with Gasteiger partial charge in [-0.05, 0) is 25.1 Å². The number of benzene rings is 1. The van der Waals surface area contributed by atoms with Crippen molar-refractivity contribution in [3.05, 3.63) is 47.8 Å². The molecule has 0 radical (unpaired) electrons. The van der Waals surface area contributed by atoms with Crippen LogP contribution in [0.3, 0.4) is 0 Å². The van der Waals surface area contributed by atoms with Gasteiger partial charge < -0.3 is 16.0 Å². The highest BCUT2D eigenvalue weighted by Crippen LogP contribution is 2.42. The smallest absolute Gasteiger partial charge is 0.265 e. The first-order chi connectivity index (χ1) is 10.3. The SMILES string of the molecule is C[C@@]1(C(F)F)N=C(N)c2nccn2[C@@H]1c1cc(N)ccc1F.